The molecule has 1 aliphatic heterocycles. The lowest BCUT2D eigenvalue weighted by molar-refractivity contribution is -0.715. The van der Waals surface area contributed by atoms with Crippen molar-refractivity contribution >= 4 is 22.1 Å². The summed E-state index contributed by atoms with van der Waals surface area (Å²) in [5, 5.41) is 20.4. The van der Waals surface area contributed by atoms with Gasteiger partial charge < -0.3 is 19.5 Å². The molecule has 0 bridgehead atoms. The van der Waals surface area contributed by atoms with Crippen LogP contribution in [0, 0.1) is 12.1 Å². The van der Waals surface area contributed by atoms with Gasteiger partial charge >= 0.3 is 18.2 Å². The molecule has 0 unspecified atom stereocenters. The van der Waals surface area contributed by atoms with E-state index in [1.807, 2.05) is 6.92 Å². The average Bonchev–Trinajstić information content (AvgIpc) is 3.66. The zero-order chi connectivity index (χ0) is 32.8. The van der Waals surface area contributed by atoms with E-state index in [-0.39, 0.29) is 40.8 Å². The van der Waals surface area contributed by atoms with Gasteiger partial charge in [0.2, 0.25) is 5.28 Å². The van der Waals surface area contributed by atoms with Crippen LogP contribution in [-0.4, -0.2) is 66.2 Å². The first-order valence-electron chi connectivity index (χ1n) is 13.5. The van der Waals surface area contributed by atoms with Crippen molar-refractivity contribution in [3.63, 3.8) is 0 Å². The number of alkyl halides is 3. The highest BCUT2D eigenvalue weighted by Gasteiger charge is 2.36. The molecule has 18 heteroatoms. The lowest BCUT2D eigenvalue weighted by Crippen LogP contribution is -2.40. The molecule has 1 atom stereocenters. The molecular weight excluding hydrogens is 625 g/mol. The lowest BCUT2D eigenvalue weighted by Gasteiger charge is -2.19. The molecule has 4 rings (SSSR count). The summed E-state index contributed by atoms with van der Waals surface area (Å²) in [6.07, 6.45) is -4.94. The Bertz CT molecular complexity index is 1640. The largest absolute Gasteiger partial charge is 0.569 e. The Morgan fingerprint density at radius 2 is 1.82 bits per heavy atom. The van der Waals surface area contributed by atoms with E-state index in [1.54, 1.807) is 35.9 Å². The molecule has 1 N–H and O–H groups in total. The average molecular weight is 655 g/mol. The lowest BCUT2D eigenvalue weighted by atomic mass is 10.1. The summed E-state index contributed by atoms with van der Waals surface area (Å²) in [5.74, 6) is -0.545. The predicted octanol–water partition coefficient (Wildman–Crippen LogP) is 4.47. The fourth-order valence-corrected chi connectivity index (χ4v) is 5.20. The van der Waals surface area contributed by atoms with Gasteiger partial charge in [-0.2, -0.15) is 18.3 Å². The van der Waals surface area contributed by atoms with Crippen molar-refractivity contribution in [1.82, 2.24) is 19.5 Å². The number of aromatic nitrogens is 2. The van der Waals surface area contributed by atoms with Crippen LogP contribution in [0.3, 0.4) is 0 Å². The maximum atomic E-state index is 13.5. The Balaban J connectivity index is 1.40. The summed E-state index contributed by atoms with van der Waals surface area (Å²) in [5.41, 5.74) is 0.520. The van der Waals surface area contributed by atoms with Gasteiger partial charge in [0.25, 0.3) is 16.8 Å². The zero-order valence-corrected chi connectivity index (χ0v) is 24.9. The summed E-state index contributed by atoms with van der Waals surface area (Å²) in [6.45, 7) is 2.74. The molecule has 3 aromatic rings. The van der Waals surface area contributed by atoms with E-state index >= 15 is 0 Å². The van der Waals surface area contributed by atoms with Crippen LogP contribution < -0.4 is 4.72 Å². The van der Waals surface area contributed by atoms with Crippen molar-refractivity contribution in [3.8, 4) is 16.9 Å². The van der Waals surface area contributed by atoms with E-state index in [4.69, 9.17) is 4.74 Å². The number of aryl methyl sites for hydroxylation is 1. The number of rotatable bonds is 11. The highest BCUT2D eigenvalue weighted by Crippen LogP contribution is 2.33. The molecular formula is C27H29F3N6O8S. The first-order valence-corrected chi connectivity index (χ1v) is 15.0. The van der Waals surface area contributed by atoms with Gasteiger partial charge in [-0.05, 0) is 50.1 Å². The number of halogens is 3. The van der Waals surface area contributed by atoms with Crippen molar-refractivity contribution in [2.24, 2.45) is 5.28 Å². The Morgan fingerprint density at radius 1 is 1.13 bits per heavy atom. The molecule has 45 heavy (non-hydrogen) atoms. The van der Waals surface area contributed by atoms with Gasteiger partial charge in [0.1, 0.15) is 12.6 Å². The summed E-state index contributed by atoms with van der Waals surface area (Å²) in [4.78, 5) is 27.8. The fraction of sp³-hybridized carbons (Fsp3) is 0.370. The smallest absolute Gasteiger partial charge is 0.435 e. The Morgan fingerprint density at radius 3 is 2.47 bits per heavy atom. The summed E-state index contributed by atoms with van der Waals surface area (Å²) < 4.78 is 78.6. The third-order valence-electron chi connectivity index (χ3n) is 6.62. The van der Waals surface area contributed by atoms with E-state index in [1.165, 1.54) is 17.1 Å². The van der Waals surface area contributed by atoms with Crippen LogP contribution >= 0.6 is 0 Å². The molecule has 1 aromatic heterocycles. The number of sulfonamides is 1. The quantitative estimate of drug-likeness (QED) is 0.0778. The van der Waals surface area contributed by atoms with Crippen LogP contribution in [0.1, 0.15) is 37.4 Å². The SMILES string of the molecule is CCC(=O)OCON=[N+]([O-])N1CCC[C@H]1COC(=O)NS(=O)(=O)c1ccc(-n2nc(C(F)(F)F)cc2-c2ccc(C)cc2)cc1. The second kappa shape index (κ2) is 13.8. The summed E-state index contributed by atoms with van der Waals surface area (Å²) in [6, 6.07) is 11.7. The summed E-state index contributed by atoms with van der Waals surface area (Å²) >= 11 is 0. The number of ether oxygens (including phenoxy) is 2. The number of hydrogen-bond donors (Lipinski definition) is 1. The van der Waals surface area contributed by atoms with Crippen LogP contribution in [0.25, 0.3) is 16.9 Å². The first-order chi connectivity index (χ1) is 21.3. The van der Waals surface area contributed by atoms with E-state index in [9.17, 15) is 36.4 Å². The van der Waals surface area contributed by atoms with E-state index in [0.29, 0.717) is 18.4 Å². The molecule has 0 saturated carbocycles. The van der Waals surface area contributed by atoms with Crippen molar-refractivity contribution in [1.29, 1.82) is 0 Å². The maximum Gasteiger partial charge on any atom is 0.435 e. The maximum absolute atomic E-state index is 13.5. The molecule has 0 radical (unpaired) electrons. The highest BCUT2D eigenvalue weighted by molar-refractivity contribution is 7.90. The number of carbonyl (C=O) groups is 2. The number of nitrogens with one attached hydrogen (secondary N) is 1. The van der Waals surface area contributed by atoms with Crippen molar-refractivity contribution in [2.45, 2.75) is 50.2 Å². The minimum atomic E-state index is -4.72. The molecule has 2 aromatic carbocycles. The first kappa shape index (κ1) is 33.0. The van der Waals surface area contributed by atoms with E-state index in [0.717, 1.165) is 28.4 Å². The number of carbonyl (C=O) groups excluding carboxylic acids is 2. The standard InChI is InChI=1S/C27H29F3N6O8S/c1-3-25(37)43-17-44-33-36(39)34-14-4-5-21(34)16-42-26(38)32-45(40,41)22-12-10-20(11-13-22)35-23(15-24(31-35)27(28,29)30)19-8-6-18(2)7-9-19/h6-13,15,21H,3-5,14,16-17H2,1-2H3,(H,32,38)/t21-/m0/s1. The van der Waals surface area contributed by atoms with Gasteiger partial charge in [-0.3, -0.25) is 4.79 Å². The summed E-state index contributed by atoms with van der Waals surface area (Å²) in [7, 11) is -4.44. The van der Waals surface area contributed by atoms with Gasteiger partial charge in [0.15, 0.2) is 5.69 Å². The Hall–Kier alpha value is -4.87. The monoisotopic (exact) mass is 654 g/mol. The van der Waals surface area contributed by atoms with E-state index < -0.39 is 46.8 Å². The Labute approximate surface area is 255 Å². The molecule has 1 aliphatic rings. The third-order valence-corrected chi connectivity index (χ3v) is 7.95. The van der Waals surface area contributed by atoms with Gasteiger partial charge in [-0.15, -0.1) is 5.01 Å². The van der Waals surface area contributed by atoms with Crippen molar-refractivity contribution in [3.05, 3.63) is 71.1 Å². The molecule has 0 aliphatic carbocycles. The van der Waals surface area contributed by atoms with Gasteiger partial charge in [0, 0.05) is 12.0 Å². The zero-order valence-electron chi connectivity index (χ0n) is 24.1. The number of esters is 1. The van der Waals surface area contributed by atoms with Crippen LogP contribution in [0.5, 0.6) is 0 Å². The highest BCUT2D eigenvalue weighted by atomic mass is 32.2. The molecule has 14 nitrogen and oxygen atoms in total. The Kier molecular flexibility index (Phi) is 10.2. The molecule has 1 fully saturated rings. The molecule has 0 spiro atoms. The predicted molar refractivity (Wildman–Crippen MR) is 149 cm³/mol. The number of amides is 1. The molecule has 1 saturated heterocycles. The van der Waals surface area contributed by atoms with Gasteiger partial charge in [0.05, 0.1) is 27.8 Å². The number of hydrazine groups is 1. The minimum Gasteiger partial charge on any atom is -0.569 e. The number of benzene rings is 2. The van der Waals surface area contributed by atoms with Gasteiger partial charge in [-0.1, -0.05) is 36.8 Å². The second-order valence-electron chi connectivity index (χ2n) is 9.80. The van der Waals surface area contributed by atoms with E-state index in [2.05, 4.69) is 20.0 Å². The fourth-order valence-electron chi connectivity index (χ4n) is 4.31. The topological polar surface area (TPSA) is 167 Å². The molecule has 242 valence electrons. The number of nitrogens with zero attached hydrogens (tertiary/aromatic N) is 5. The third kappa shape index (κ3) is 8.40. The van der Waals surface area contributed by atoms with Gasteiger partial charge in [-0.25, -0.2) is 22.6 Å². The van der Waals surface area contributed by atoms with Crippen LogP contribution in [0.4, 0.5) is 18.0 Å². The van der Waals surface area contributed by atoms with Crippen molar-refractivity contribution in [2.75, 3.05) is 19.9 Å². The number of hydrogen-bond acceptors (Lipinski definition) is 10. The molecule has 2 heterocycles. The van der Waals surface area contributed by atoms with Crippen LogP contribution in [-0.2, 0) is 35.3 Å². The minimum absolute atomic E-state index is 0.117. The van der Waals surface area contributed by atoms with Crippen molar-refractivity contribution < 1.29 is 50.5 Å². The normalized spacial score (nSPS) is 15.5. The van der Waals surface area contributed by atoms with Crippen LogP contribution in [0.2, 0.25) is 0 Å². The van der Waals surface area contributed by atoms with Crippen LogP contribution in [0.15, 0.2) is 64.8 Å². The molecule has 1 amide bonds. The second-order valence-corrected chi connectivity index (χ2v) is 11.5.